The van der Waals surface area contributed by atoms with Crippen LogP contribution in [0.3, 0.4) is 0 Å². The molecule has 1 rings (SSSR count). The van der Waals surface area contributed by atoms with Gasteiger partial charge in [-0.1, -0.05) is 30.0 Å². The number of carbonyl (C=O) groups excluding carboxylic acids is 1. The fourth-order valence-corrected chi connectivity index (χ4v) is 2.34. The summed E-state index contributed by atoms with van der Waals surface area (Å²) in [5.41, 5.74) is 1.61. The van der Waals surface area contributed by atoms with Crippen LogP contribution in [0, 0.1) is 11.8 Å². The summed E-state index contributed by atoms with van der Waals surface area (Å²) >= 11 is 0. The van der Waals surface area contributed by atoms with Gasteiger partial charge in [0.05, 0.1) is 6.61 Å². The monoisotopic (exact) mass is 309 g/mol. The highest BCUT2D eigenvalue weighted by Gasteiger charge is 2.16. The molecule has 0 saturated heterocycles. The van der Waals surface area contributed by atoms with Crippen LogP contribution >= 0.6 is 0 Å². The van der Waals surface area contributed by atoms with E-state index >= 15 is 0 Å². The van der Waals surface area contributed by atoms with Gasteiger partial charge in [-0.15, -0.1) is 0 Å². The quantitative estimate of drug-likeness (QED) is 0.800. The van der Waals surface area contributed by atoms with Crippen LogP contribution in [0.15, 0.2) is 24.3 Å². The standard InChI is InChI=1S/C15H19NO4S/c1-16(15(18)12-21(2,19)20)11-14-9-4-3-7-13(14)8-5-6-10-17/h3-4,7,9,17H,6,10-12H2,1-2H3. The van der Waals surface area contributed by atoms with E-state index in [9.17, 15) is 13.2 Å². The highest BCUT2D eigenvalue weighted by atomic mass is 32.2. The highest BCUT2D eigenvalue weighted by Crippen LogP contribution is 2.10. The van der Waals surface area contributed by atoms with Crippen LogP contribution < -0.4 is 0 Å². The van der Waals surface area contributed by atoms with E-state index in [1.165, 1.54) is 4.90 Å². The van der Waals surface area contributed by atoms with Gasteiger partial charge < -0.3 is 10.0 Å². The van der Waals surface area contributed by atoms with E-state index in [4.69, 9.17) is 5.11 Å². The Hall–Kier alpha value is -1.84. The molecule has 1 aromatic rings. The molecule has 1 aromatic carbocycles. The Morgan fingerprint density at radius 3 is 2.62 bits per heavy atom. The largest absolute Gasteiger partial charge is 0.395 e. The normalized spacial score (nSPS) is 10.6. The molecule has 0 heterocycles. The lowest BCUT2D eigenvalue weighted by molar-refractivity contribution is -0.127. The predicted octanol–water partition coefficient (Wildman–Crippen LogP) is 0.424. The molecule has 0 aliphatic rings. The number of nitrogens with zero attached hydrogens (tertiary/aromatic N) is 1. The summed E-state index contributed by atoms with van der Waals surface area (Å²) in [7, 11) is -1.77. The lowest BCUT2D eigenvalue weighted by Gasteiger charge is -2.17. The molecule has 1 N–H and O–H groups in total. The van der Waals surface area contributed by atoms with Gasteiger partial charge in [-0.3, -0.25) is 4.79 Å². The molecule has 5 nitrogen and oxygen atoms in total. The Labute approximate surface area is 125 Å². The van der Waals surface area contributed by atoms with E-state index in [1.807, 2.05) is 24.3 Å². The van der Waals surface area contributed by atoms with Gasteiger partial charge in [0.25, 0.3) is 0 Å². The Kier molecular flexibility index (Phi) is 6.40. The molecule has 0 saturated carbocycles. The van der Waals surface area contributed by atoms with Gasteiger partial charge in [0, 0.05) is 31.8 Å². The number of sulfone groups is 1. The Balaban J connectivity index is 2.84. The summed E-state index contributed by atoms with van der Waals surface area (Å²) in [5, 5.41) is 8.73. The van der Waals surface area contributed by atoms with Crippen LogP contribution in [-0.2, 0) is 21.2 Å². The predicted molar refractivity (Wildman–Crippen MR) is 81.2 cm³/mol. The molecule has 0 aromatic heterocycles. The lowest BCUT2D eigenvalue weighted by atomic mass is 10.1. The van der Waals surface area contributed by atoms with E-state index in [0.717, 1.165) is 17.4 Å². The number of hydrogen-bond acceptors (Lipinski definition) is 4. The molecule has 0 aliphatic heterocycles. The fourth-order valence-electron chi connectivity index (χ4n) is 1.67. The molecule has 21 heavy (non-hydrogen) atoms. The zero-order chi connectivity index (χ0) is 15.9. The maximum absolute atomic E-state index is 11.8. The number of carbonyl (C=O) groups is 1. The number of aliphatic hydroxyl groups excluding tert-OH is 1. The minimum Gasteiger partial charge on any atom is -0.395 e. The van der Waals surface area contributed by atoms with Crippen LogP contribution in [0.25, 0.3) is 0 Å². The van der Waals surface area contributed by atoms with Crippen LogP contribution in [-0.4, -0.2) is 50.0 Å². The van der Waals surface area contributed by atoms with Gasteiger partial charge in [0.15, 0.2) is 9.84 Å². The van der Waals surface area contributed by atoms with E-state index < -0.39 is 21.5 Å². The number of amides is 1. The van der Waals surface area contributed by atoms with E-state index in [1.54, 1.807) is 7.05 Å². The summed E-state index contributed by atoms with van der Waals surface area (Å²) in [6.45, 7) is 0.292. The van der Waals surface area contributed by atoms with Gasteiger partial charge in [-0.05, 0) is 11.6 Å². The van der Waals surface area contributed by atoms with Gasteiger partial charge in [0.1, 0.15) is 5.75 Å². The van der Waals surface area contributed by atoms with Crippen molar-refractivity contribution < 1.29 is 18.3 Å². The zero-order valence-electron chi connectivity index (χ0n) is 12.2. The maximum Gasteiger partial charge on any atom is 0.237 e. The second kappa shape index (κ2) is 7.81. The van der Waals surface area contributed by atoms with Crippen molar-refractivity contribution in [1.29, 1.82) is 0 Å². The average molecular weight is 309 g/mol. The Bertz CT molecular complexity index is 656. The first-order chi connectivity index (χ1) is 9.83. The van der Waals surface area contributed by atoms with Crippen molar-refractivity contribution in [3.05, 3.63) is 35.4 Å². The van der Waals surface area contributed by atoms with E-state index in [0.29, 0.717) is 13.0 Å². The molecule has 6 heteroatoms. The van der Waals surface area contributed by atoms with Gasteiger partial charge in [-0.25, -0.2) is 8.42 Å². The van der Waals surface area contributed by atoms with Crippen molar-refractivity contribution >= 4 is 15.7 Å². The number of hydrogen-bond donors (Lipinski definition) is 1. The van der Waals surface area contributed by atoms with Crippen molar-refractivity contribution in [3.63, 3.8) is 0 Å². The second-order valence-electron chi connectivity index (χ2n) is 4.75. The van der Waals surface area contributed by atoms with Crippen LogP contribution in [0.2, 0.25) is 0 Å². The van der Waals surface area contributed by atoms with Crippen molar-refractivity contribution in [3.8, 4) is 11.8 Å². The summed E-state index contributed by atoms with van der Waals surface area (Å²) in [6.07, 6.45) is 1.42. The Morgan fingerprint density at radius 2 is 2.00 bits per heavy atom. The van der Waals surface area contributed by atoms with Gasteiger partial charge >= 0.3 is 0 Å². The molecule has 1 amide bonds. The van der Waals surface area contributed by atoms with Crippen molar-refractivity contribution in [2.75, 3.05) is 25.7 Å². The van der Waals surface area contributed by atoms with Crippen molar-refractivity contribution in [2.45, 2.75) is 13.0 Å². The Morgan fingerprint density at radius 1 is 1.33 bits per heavy atom. The highest BCUT2D eigenvalue weighted by molar-refractivity contribution is 7.91. The molecular formula is C15H19NO4S. The molecule has 0 atom stereocenters. The summed E-state index contributed by atoms with van der Waals surface area (Å²) in [6, 6.07) is 7.34. The molecule has 0 bridgehead atoms. The minimum absolute atomic E-state index is 0.00190. The summed E-state index contributed by atoms with van der Waals surface area (Å²) < 4.78 is 22.3. The number of benzene rings is 1. The molecular weight excluding hydrogens is 290 g/mol. The average Bonchev–Trinajstić information content (AvgIpc) is 2.39. The number of rotatable bonds is 5. The molecule has 0 aliphatic carbocycles. The second-order valence-corrected chi connectivity index (χ2v) is 6.89. The number of aliphatic hydroxyl groups is 1. The minimum atomic E-state index is -3.34. The van der Waals surface area contributed by atoms with Gasteiger partial charge in [0.2, 0.25) is 5.91 Å². The van der Waals surface area contributed by atoms with E-state index in [2.05, 4.69) is 11.8 Å². The van der Waals surface area contributed by atoms with Crippen LogP contribution in [0.5, 0.6) is 0 Å². The SMILES string of the molecule is CN(Cc1ccccc1C#CCCO)C(=O)CS(C)(=O)=O. The molecule has 0 radical (unpaired) electrons. The smallest absolute Gasteiger partial charge is 0.237 e. The van der Waals surface area contributed by atoms with Crippen LogP contribution in [0.1, 0.15) is 17.5 Å². The zero-order valence-corrected chi connectivity index (χ0v) is 13.0. The third-order valence-corrected chi connectivity index (χ3v) is 3.47. The fraction of sp³-hybridized carbons (Fsp3) is 0.400. The molecule has 0 spiro atoms. The third kappa shape index (κ3) is 6.43. The third-order valence-electron chi connectivity index (χ3n) is 2.70. The maximum atomic E-state index is 11.8. The van der Waals surface area contributed by atoms with E-state index in [-0.39, 0.29) is 6.61 Å². The van der Waals surface area contributed by atoms with Gasteiger partial charge in [-0.2, -0.15) is 0 Å². The molecule has 0 fully saturated rings. The van der Waals surface area contributed by atoms with Crippen LogP contribution in [0.4, 0.5) is 0 Å². The molecule has 114 valence electrons. The first-order valence-corrected chi connectivity index (χ1v) is 8.49. The summed E-state index contributed by atoms with van der Waals surface area (Å²) in [4.78, 5) is 13.2. The topological polar surface area (TPSA) is 74.7 Å². The lowest BCUT2D eigenvalue weighted by Crippen LogP contribution is -2.31. The molecule has 0 unspecified atom stereocenters. The van der Waals surface area contributed by atoms with Crippen molar-refractivity contribution in [1.82, 2.24) is 4.90 Å². The van der Waals surface area contributed by atoms with Crippen molar-refractivity contribution in [2.24, 2.45) is 0 Å². The first-order valence-electron chi connectivity index (χ1n) is 6.43. The summed E-state index contributed by atoms with van der Waals surface area (Å²) in [5.74, 6) is 4.83. The first kappa shape index (κ1) is 17.2.